The van der Waals surface area contributed by atoms with Crippen LogP contribution in [0.25, 0.3) is 0 Å². The molecule has 9 nitrogen and oxygen atoms in total. The number of halogens is 1. The summed E-state index contributed by atoms with van der Waals surface area (Å²) in [5, 5.41) is 6.03. The van der Waals surface area contributed by atoms with E-state index in [2.05, 4.69) is 30.5 Å². The fraction of sp³-hybridized carbons (Fsp3) is 0.562. The molecule has 0 atom stereocenters. The van der Waals surface area contributed by atoms with Crippen LogP contribution in [0.1, 0.15) is 24.3 Å². The lowest BCUT2D eigenvalue weighted by atomic mass is 10.3. The summed E-state index contributed by atoms with van der Waals surface area (Å²) in [5.74, 6) is 0.649. The number of aliphatic imine (C=N–C) groups is 1. The van der Waals surface area contributed by atoms with Gasteiger partial charge >= 0.3 is 0 Å². The van der Waals surface area contributed by atoms with Crippen molar-refractivity contribution in [3.63, 3.8) is 0 Å². The highest BCUT2D eigenvalue weighted by atomic mass is 127. The third-order valence-corrected chi connectivity index (χ3v) is 3.81. The van der Waals surface area contributed by atoms with Crippen molar-refractivity contribution in [1.29, 1.82) is 0 Å². The summed E-state index contributed by atoms with van der Waals surface area (Å²) >= 11 is 0. The van der Waals surface area contributed by atoms with Crippen LogP contribution >= 0.6 is 24.0 Å². The van der Waals surface area contributed by atoms with Crippen molar-refractivity contribution in [2.24, 2.45) is 4.99 Å². The molecule has 0 bridgehead atoms. The predicted molar refractivity (Wildman–Crippen MR) is 110 cm³/mol. The number of hydrogen-bond acceptors (Lipinski definition) is 5. The van der Waals surface area contributed by atoms with Gasteiger partial charge < -0.3 is 20.4 Å². The van der Waals surface area contributed by atoms with Crippen molar-refractivity contribution in [2.75, 3.05) is 45.8 Å². The molecule has 1 aromatic rings. The van der Waals surface area contributed by atoms with E-state index in [1.165, 1.54) is 18.6 Å². The second-order valence-electron chi connectivity index (χ2n) is 5.58. The maximum absolute atomic E-state index is 11.9. The van der Waals surface area contributed by atoms with Gasteiger partial charge in [-0.15, -0.1) is 24.0 Å². The van der Waals surface area contributed by atoms with Crippen molar-refractivity contribution in [1.82, 2.24) is 30.4 Å². The third-order valence-electron chi connectivity index (χ3n) is 3.81. The van der Waals surface area contributed by atoms with E-state index in [4.69, 9.17) is 0 Å². The second kappa shape index (κ2) is 11.6. The maximum atomic E-state index is 11.9. The Labute approximate surface area is 170 Å². The number of guanidine groups is 1. The monoisotopic (exact) mass is 475 g/mol. The van der Waals surface area contributed by atoms with Crippen LogP contribution in [0.3, 0.4) is 0 Å². The summed E-state index contributed by atoms with van der Waals surface area (Å²) in [4.78, 5) is 39.6. The van der Waals surface area contributed by atoms with E-state index in [1.807, 2.05) is 11.8 Å². The second-order valence-corrected chi connectivity index (χ2v) is 5.58. The van der Waals surface area contributed by atoms with Crippen LogP contribution in [-0.4, -0.2) is 83.4 Å². The molecule has 0 aromatic carbocycles. The Balaban J connectivity index is 0.00000338. The Morgan fingerprint density at radius 2 is 1.85 bits per heavy atom. The molecule has 1 aliphatic heterocycles. The van der Waals surface area contributed by atoms with Gasteiger partial charge in [-0.1, -0.05) is 0 Å². The minimum absolute atomic E-state index is 0. The largest absolute Gasteiger partial charge is 0.357 e. The minimum Gasteiger partial charge on any atom is -0.357 e. The van der Waals surface area contributed by atoms with Crippen LogP contribution in [0.5, 0.6) is 0 Å². The zero-order valence-electron chi connectivity index (χ0n) is 15.1. The number of rotatable bonds is 5. The molecule has 2 N–H and O–H groups in total. The first-order valence-electron chi connectivity index (χ1n) is 8.44. The van der Waals surface area contributed by atoms with Crippen molar-refractivity contribution >= 4 is 41.8 Å². The molecule has 0 saturated carbocycles. The van der Waals surface area contributed by atoms with Crippen LogP contribution in [0.2, 0.25) is 0 Å². The molecule has 1 aromatic heterocycles. The molecule has 1 aliphatic rings. The van der Waals surface area contributed by atoms with E-state index in [9.17, 15) is 9.59 Å². The third kappa shape index (κ3) is 6.73. The highest BCUT2D eigenvalue weighted by Gasteiger charge is 2.20. The molecule has 0 radical (unpaired) electrons. The Kier molecular flexibility index (Phi) is 9.84. The van der Waals surface area contributed by atoms with Gasteiger partial charge in [0, 0.05) is 58.6 Å². The highest BCUT2D eigenvalue weighted by molar-refractivity contribution is 14.0. The van der Waals surface area contributed by atoms with Gasteiger partial charge in [0.05, 0.1) is 12.7 Å². The zero-order chi connectivity index (χ0) is 18.1. The standard InChI is InChI=1S/C16H25N7O2.HI/c1-3-18-16(23-10-8-22(9-11-23)13(2)24)21-7-6-20-15(25)14-12-17-4-5-19-14;/h4-5,12H,3,6-11H2,1-2H3,(H,18,21)(H,20,25);1H. The molecule has 0 spiro atoms. The number of nitrogens with one attached hydrogen (secondary N) is 2. The Bertz CT molecular complexity index is 604. The van der Waals surface area contributed by atoms with Crippen LogP contribution in [0, 0.1) is 0 Å². The molecule has 0 aliphatic carbocycles. The lowest BCUT2D eigenvalue weighted by Gasteiger charge is -2.36. The SMILES string of the molecule is CCNC(=NCCNC(=O)c1cnccn1)N1CCN(C(C)=O)CC1.I. The van der Waals surface area contributed by atoms with Crippen LogP contribution in [0.4, 0.5) is 0 Å². The maximum Gasteiger partial charge on any atom is 0.271 e. The summed E-state index contributed by atoms with van der Waals surface area (Å²) in [5.41, 5.74) is 0.291. The molecule has 1 saturated heterocycles. The van der Waals surface area contributed by atoms with Gasteiger partial charge in [-0.05, 0) is 6.92 Å². The normalized spacial score (nSPS) is 14.5. The van der Waals surface area contributed by atoms with Crippen LogP contribution in [0.15, 0.2) is 23.6 Å². The molecule has 0 unspecified atom stereocenters. The first kappa shape index (κ1) is 22.1. The average Bonchev–Trinajstić information content (AvgIpc) is 2.65. The fourth-order valence-corrected chi connectivity index (χ4v) is 2.50. The van der Waals surface area contributed by atoms with E-state index < -0.39 is 0 Å². The number of amides is 2. The van der Waals surface area contributed by atoms with Crippen molar-refractivity contribution in [3.8, 4) is 0 Å². The zero-order valence-corrected chi connectivity index (χ0v) is 17.5. The number of hydrogen-bond donors (Lipinski definition) is 2. The summed E-state index contributed by atoms with van der Waals surface area (Å²) < 4.78 is 0. The quantitative estimate of drug-likeness (QED) is 0.268. The van der Waals surface area contributed by atoms with E-state index >= 15 is 0 Å². The summed E-state index contributed by atoms with van der Waals surface area (Å²) in [6.07, 6.45) is 4.43. The molecule has 2 amide bonds. The number of nitrogens with zero attached hydrogens (tertiary/aromatic N) is 5. The number of carbonyl (C=O) groups excluding carboxylic acids is 2. The molecule has 2 rings (SSSR count). The van der Waals surface area contributed by atoms with E-state index in [-0.39, 0.29) is 35.8 Å². The van der Waals surface area contributed by atoms with E-state index in [0.717, 1.165) is 25.6 Å². The lowest BCUT2D eigenvalue weighted by molar-refractivity contribution is -0.130. The van der Waals surface area contributed by atoms with E-state index in [1.54, 1.807) is 6.92 Å². The first-order valence-corrected chi connectivity index (χ1v) is 8.44. The topological polar surface area (TPSA) is 103 Å². The van der Waals surface area contributed by atoms with Gasteiger partial charge in [-0.2, -0.15) is 0 Å². The van der Waals surface area contributed by atoms with Gasteiger partial charge in [0.1, 0.15) is 5.69 Å². The molecule has 144 valence electrons. The Hall–Kier alpha value is -1.98. The number of carbonyl (C=O) groups is 2. The van der Waals surface area contributed by atoms with Crippen LogP contribution < -0.4 is 10.6 Å². The average molecular weight is 475 g/mol. The highest BCUT2D eigenvalue weighted by Crippen LogP contribution is 2.02. The summed E-state index contributed by atoms with van der Waals surface area (Å²) in [7, 11) is 0. The lowest BCUT2D eigenvalue weighted by Crippen LogP contribution is -2.53. The Morgan fingerprint density at radius 1 is 1.15 bits per heavy atom. The predicted octanol–water partition coefficient (Wildman–Crippen LogP) is -0.0460. The Morgan fingerprint density at radius 3 is 2.42 bits per heavy atom. The van der Waals surface area contributed by atoms with E-state index in [0.29, 0.717) is 31.9 Å². The smallest absolute Gasteiger partial charge is 0.271 e. The van der Waals surface area contributed by atoms with Crippen molar-refractivity contribution < 1.29 is 9.59 Å². The minimum atomic E-state index is -0.261. The van der Waals surface area contributed by atoms with Gasteiger partial charge in [0.25, 0.3) is 5.91 Å². The number of aromatic nitrogens is 2. The molecule has 2 heterocycles. The van der Waals surface area contributed by atoms with Gasteiger partial charge in [-0.25, -0.2) is 4.98 Å². The van der Waals surface area contributed by atoms with Crippen molar-refractivity contribution in [2.45, 2.75) is 13.8 Å². The van der Waals surface area contributed by atoms with Crippen LogP contribution in [-0.2, 0) is 4.79 Å². The first-order chi connectivity index (χ1) is 12.1. The summed E-state index contributed by atoms with van der Waals surface area (Å²) in [6.45, 7) is 8.13. The fourth-order valence-electron chi connectivity index (χ4n) is 2.50. The molecule has 26 heavy (non-hydrogen) atoms. The summed E-state index contributed by atoms with van der Waals surface area (Å²) in [6, 6.07) is 0. The van der Waals surface area contributed by atoms with Gasteiger partial charge in [0.15, 0.2) is 5.96 Å². The van der Waals surface area contributed by atoms with Gasteiger partial charge in [0.2, 0.25) is 5.91 Å². The molecular formula is C16H26IN7O2. The van der Waals surface area contributed by atoms with Gasteiger partial charge in [-0.3, -0.25) is 19.6 Å². The number of piperazine rings is 1. The molecular weight excluding hydrogens is 449 g/mol. The molecule has 10 heteroatoms. The van der Waals surface area contributed by atoms with Crippen molar-refractivity contribution in [3.05, 3.63) is 24.3 Å². The molecule has 1 fully saturated rings.